The quantitative estimate of drug-likeness (QED) is 0.813. The Balaban J connectivity index is 2.20. The number of hydrogen-bond donors (Lipinski definition) is 1. The van der Waals surface area contributed by atoms with Crippen LogP contribution < -0.4 is 15.2 Å². The Morgan fingerprint density at radius 1 is 1.10 bits per heavy atom. The van der Waals surface area contributed by atoms with E-state index in [9.17, 15) is 0 Å². The molecule has 0 aliphatic heterocycles. The fourth-order valence-corrected chi connectivity index (χ4v) is 2.50. The molecule has 0 bridgehead atoms. The Morgan fingerprint density at radius 3 is 2.35 bits per heavy atom. The third kappa shape index (κ3) is 3.75. The number of rotatable bonds is 5. The summed E-state index contributed by atoms with van der Waals surface area (Å²) in [4.78, 5) is 0. The zero-order chi connectivity index (χ0) is 14.5. The zero-order valence-corrected chi connectivity index (χ0v) is 14.1. The molecule has 0 spiro atoms. The van der Waals surface area contributed by atoms with E-state index in [1.54, 1.807) is 7.11 Å². The molecule has 0 aliphatic rings. The molecule has 106 valence electrons. The van der Waals surface area contributed by atoms with E-state index in [2.05, 4.69) is 31.9 Å². The van der Waals surface area contributed by atoms with Crippen LogP contribution in [0.5, 0.6) is 11.5 Å². The first-order valence-electron chi connectivity index (χ1n) is 6.09. The minimum Gasteiger partial charge on any atom is -0.497 e. The van der Waals surface area contributed by atoms with Gasteiger partial charge in [-0.25, -0.2) is 0 Å². The van der Waals surface area contributed by atoms with Gasteiger partial charge in [-0.15, -0.1) is 0 Å². The summed E-state index contributed by atoms with van der Waals surface area (Å²) < 4.78 is 13.0. The summed E-state index contributed by atoms with van der Waals surface area (Å²) >= 11 is 6.89. The van der Waals surface area contributed by atoms with Gasteiger partial charge in [0, 0.05) is 11.0 Å². The number of halogens is 2. The molecule has 2 rings (SSSR count). The molecule has 0 heterocycles. The third-order valence-electron chi connectivity index (χ3n) is 2.86. The molecule has 3 nitrogen and oxygen atoms in total. The molecule has 2 aromatic carbocycles. The third-order valence-corrected chi connectivity index (χ3v) is 4.01. The van der Waals surface area contributed by atoms with Gasteiger partial charge in [0.25, 0.3) is 0 Å². The highest BCUT2D eigenvalue weighted by atomic mass is 79.9. The van der Waals surface area contributed by atoms with Crippen molar-refractivity contribution in [3.8, 4) is 11.5 Å². The number of methoxy groups -OCH3 is 1. The summed E-state index contributed by atoms with van der Waals surface area (Å²) in [6.07, 6.45) is -0.187. The van der Waals surface area contributed by atoms with Crippen LogP contribution in [-0.2, 0) is 0 Å². The molecule has 0 saturated heterocycles. The maximum absolute atomic E-state index is 5.98. The van der Waals surface area contributed by atoms with E-state index in [1.807, 2.05) is 42.5 Å². The molecule has 0 aliphatic carbocycles. The van der Waals surface area contributed by atoms with Crippen LogP contribution in [0.1, 0.15) is 11.7 Å². The van der Waals surface area contributed by atoms with Gasteiger partial charge in [-0.3, -0.25) is 0 Å². The van der Waals surface area contributed by atoms with E-state index in [4.69, 9.17) is 15.2 Å². The SMILES string of the molecule is COc1ccc(OC(CN)c2ccc(Br)cc2)c(Br)c1. The fraction of sp³-hybridized carbons (Fsp3) is 0.200. The number of hydrogen-bond acceptors (Lipinski definition) is 3. The summed E-state index contributed by atoms with van der Waals surface area (Å²) in [5.74, 6) is 1.52. The van der Waals surface area contributed by atoms with Gasteiger partial charge >= 0.3 is 0 Å². The predicted molar refractivity (Wildman–Crippen MR) is 87.3 cm³/mol. The summed E-state index contributed by atoms with van der Waals surface area (Å²) in [5, 5.41) is 0. The van der Waals surface area contributed by atoms with Crippen LogP contribution in [-0.4, -0.2) is 13.7 Å². The standard InChI is InChI=1S/C15H15Br2NO2/c1-19-12-6-7-14(13(17)8-12)20-15(9-18)10-2-4-11(16)5-3-10/h2-8,15H,9,18H2,1H3. The second-order valence-electron chi connectivity index (χ2n) is 4.19. The second-order valence-corrected chi connectivity index (χ2v) is 5.96. The van der Waals surface area contributed by atoms with Crippen LogP contribution in [0.25, 0.3) is 0 Å². The molecule has 0 radical (unpaired) electrons. The summed E-state index contributed by atoms with van der Waals surface area (Å²) in [5.41, 5.74) is 6.86. The molecule has 1 atom stereocenters. The molecule has 20 heavy (non-hydrogen) atoms. The van der Waals surface area contributed by atoms with Crippen LogP contribution in [0.4, 0.5) is 0 Å². The topological polar surface area (TPSA) is 44.5 Å². The number of nitrogens with two attached hydrogens (primary N) is 1. The lowest BCUT2D eigenvalue weighted by Gasteiger charge is -2.19. The van der Waals surface area contributed by atoms with Gasteiger partial charge < -0.3 is 15.2 Å². The summed E-state index contributed by atoms with van der Waals surface area (Å²) in [6, 6.07) is 13.5. The fourth-order valence-electron chi connectivity index (χ4n) is 1.79. The molecule has 2 aromatic rings. The van der Waals surface area contributed by atoms with Gasteiger partial charge in [0.15, 0.2) is 0 Å². The predicted octanol–water partition coefficient (Wildman–Crippen LogP) is 4.30. The number of benzene rings is 2. The molecular formula is C15H15Br2NO2. The first kappa shape index (κ1) is 15.4. The van der Waals surface area contributed by atoms with Crippen LogP contribution in [0.15, 0.2) is 51.4 Å². The monoisotopic (exact) mass is 399 g/mol. The molecule has 0 aromatic heterocycles. The molecule has 2 N–H and O–H groups in total. The van der Waals surface area contributed by atoms with Gasteiger partial charge in [-0.05, 0) is 51.8 Å². The van der Waals surface area contributed by atoms with E-state index in [0.29, 0.717) is 6.54 Å². The Labute approximate surface area is 135 Å². The van der Waals surface area contributed by atoms with E-state index >= 15 is 0 Å². The van der Waals surface area contributed by atoms with Crippen LogP contribution in [0, 0.1) is 0 Å². The van der Waals surface area contributed by atoms with Gasteiger partial charge in [0.05, 0.1) is 11.6 Å². The molecule has 0 fully saturated rings. The van der Waals surface area contributed by atoms with Crippen molar-refractivity contribution in [3.05, 3.63) is 57.0 Å². The smallest absolute Gasteiger partial charge is 0.136 e. The highest BCUT2D eigenvalue weighted by Crippen LogP contribution is 2.32. The minimum absolute atomic E-state index is 0.187. The Morgan fingerprint density at radius 2 is 1.80 bits per heavy atom. The first-order valence-corrected chi connectivity index (χ1v) is 7.68. The largest absolute Gasteiger partial charge is 0.497 e. The van der Waals surface area contributed by atoms with Crippen molar-refractivity contribution in [3.63, 3.8) is 0 Å². The van der Waals surface area contributed by atoms with Crippen molar-refractivity contribution in [1.29, 1.82) is 0 Å². The van der Waals surface area contributed by atoms with E-state index < -0.39 is 0 Å². The summed E-state index contributed by atoms with van der Waals surface area (Å²) in [6.45, 7) is 0.403. The molecule has 1 unspecified atom stereocenters. The lowest BCUT2D eigenvalue weighted by Crippen LogP contribution is -2.18. The maximum atomic E-state index is 5.98. The van der Waals surface area contributed by atoms with Crippen LogP contribution in [0.2, 0.25) is 0 Å². The number of ether oxygens (including phenoxy) is 2. The Kier molecular flexibility index (Phi) is 5.46. The van der Waals surface area contributed by atoms with Crippen molar-refractivity contribution in [2.45, 2.75) is 6.10 Å². The Bertz CT molecular complexity index is 573. The lowest BCUT2D eigenvalue weighted by molar-refractivity contribution is 0.212. The molecular weight excluding hydrogens is 386 g/mol. The normalized spacial score (nSPS) is 12.0. The van der Waals surface area contributed by atoms with Gasteiger partial charge in [-0.2, -0.15) is 0 Å². The molecule has 0 saturated carbocycles. The first-order chi connectivity index (χ1) is 9.63. The lowest BCUT2D eigenvalue weighted by atomic mass is 10.1. The van der Waals surface area contributed by atoms with Crippen molar-refractivity contribution in [1.82, 2.24) is 0 Å². The van der Waals surface area contributed by atoms with Crippen molar-refractivity contribution in [2.75, 3.05) is 13.7 Å². The second kappa shape index (κ2) is 7.11. The van der Waals surface area contributed by atoms with E-state index in [0.717, 1.165) is 26.0 Å². The average Bonchev–Trinajstić information content (AvgIpc) is 2.47. The maximum Gasteiger partial charge on any atom is 0.136 e. The van der Waals surface area contributed by atoms with Gasteiger partial charge in [-0.1, -0.05) is 28.1 Å². The van der Waals surface area contributed by atoms with Crippen molar-refractivity contribution in [2.24, 2.45) is 5.73 Å². The van der Waals surface area contributed by atoms with Crippen LogP contribution in [0.3, 0.4) is 0 Å². The van der Waals surface area contributed by atoms with Crippen molar-refractivity contribution < 1.29 is 9.47 Å². The van der Waals surface area contributed by atoms with E-state index in [1.165, 1.54) is 0 Å². The average molecular weight is 401 g/mol. The highest BCUT2D eigenvalue weighted by Gasteiger charge is 2.13. The van der Waals surface area contributed by atoms with E-state index in [-0.39, 0.29) is 6.10 Å². The molecule has 5 heteroatoms. The van der Waals surface area contributed by atoms with Crippen molar-refractivity contribution >= 4 is 31.9 Å². The van der Waals surface area contributed by atoms with Gasteiger partial charge in [0.1, 0.15) is 17.6 Å². The summed E-state index contributed by atoms with van der Waals surface area (Å²) in [7, 11) is 1.63. The minimum atomic E-state index is -0.187. The highest BCUT2D eigenvalue weighted by molar-refractivity contribution is 9.10. The zero-order valence-electron chi connectivity index (χ0n) is 11.0. The molecule has 0 amide bonds. The van der Waals surface area contributed by atoms with Crippen LogP contribution >= 0.6 is 31.9 Å². The van der Waals surface area contributed by atoms with Gasteiger partial charge in [0.2, 0.25) is 0 Å². The Hall–Kier alpha value is -1.04.